The Hall–Kier alpha value is -2.87. The number of rotatable bonds is 7. The van der Waals surface area contributed by atoms with Crippen LogP contribution in [-0.2, 0) is 9.47 Å². The number of hydrogen-bond acceptors (Lipinski definition) is 7. The van der Waals surface area contributed by atoms with Crippen LogP contribution in [0.2, 0.25) is 0 Å². The van der Waals surface area contributed by atoms with Gasteiger partial charge in [-0.25, -0.2) is 4.98 Å². The van der Waals surface area contributed by atoms with Crippen LogP contribution in [0.1, 0.15) is 7.85 Å². The van der Waals surface area contributed by atoms with Gasteiger partial charge < -0.3 is 29.3 Å². The van der Waals surface area contributed by atoms with Crippen molar-refractivity contribution in [1.29, 1.82) is 0 Å². The molecule has 7 nitrogen and oxygen atoms in total. The monoisotopic (exact) mass is 476 g/mol. The lowest BCUT2D eigenvalue weighted by Gasteiger charge is -2.38. The van der Waals surface area contributed by atoms with Crippen molar-refractivity contribution in [2.24, 2.45) is 5.41 Å². The van der Waals surface area contributed by atoms with Crippen LogP contribution < -0.4 is 19.9 Å². The van der Waals surface area contributed by atoms with E-state index >= 15 is 0 Å². The number of morpholine rings is 1. The highest BCUT2D eigenvalue weighted by molar-refractivity contribution is 5.96. The third-order valence-electron chi connectivity index (χ3n) is 7.51. The molecule has 1 aromatic heterocycles. The van der Waals surface area contributed by atoms with E-state index in [1.807, 2.05) is 19.2 Å². The van der Waals surface area contributed by atoms with Crippen LogP contribution in [-0.4, -0.2) is 77.8 Å². The molecule has 0 amide bonds. The molecule has 35 heavy (non-hydrogen) atoms. The Labute approximate surface area is 208 Å². The number of nitrogens with one attached hydrogen (secondary N) is 1. The summed E-state index contributed by atoms with van der Waals surface area (Å²) in [6.45, 7) is 8.74. The Balaban J connectivity index is 0.00000267. The van der Waals surface area contributed by atoms with Gasteiger partial charge in [0.15, 0.2) is 0 Å². The molecule has 3 aliphatic heterocycles. The second-order valence-corrected chi connectivity index (χ2v) is 9.97. The van der Waals surface area contributed by atoms with Gasteiger partial charge in [0.1, 0.15) is 12.4 Å². The molecule has 3 aliphatic rings. The average Bonchev–Trinajstić information content (AvgIpc) is 3.35. The molecule has 1 N–H and O–H groups in total. The van der Waals surface area contributed by atoms with Gasteiger partial charge >= 0.3 is 0 Å². The molecule has 4 heterocycles. The van der Waals surface area contributed by atoms with Crippen LogP contribution in [0.5, 0.6) is 5.75 Å². The highest BCUT2D eigenvalue weighted by atomic mass is 16.5. The van der Waals surface area contributed by atoms with E-state index in [0.29, 0.717) is 12.0 Å². The highest BCUT2D eigenvalue weighted by Gasteiger charge is 2.44. The number of benzene rings is 2. The Kier molecular flexibility index (Phi) is 6.22. The summed E-state index contributed by atoms with van der Waals surface area (Å²) in [5.41, 5.74) is 5.97. The summed E-state index contributed by atoms with van der Waals surface area (Å²) < 4.78 is 17.0. The SMILES string of the molecule is CNCCOc1ccc(-c2cc(N3CCC4(COC4)C3)c3ccc(N4CCOCC4)cc3n2)cc1.[HH]. The van der Waals surface area contributed by atoms with Gasteiger partial charge in [0.05, 0.1) is 37.6 Å². The first kappa shape index (κ1) is 22.6. The second kappa shape index (κ2) is 9.64. The maximum atomic E-state index is 5.82. The highest BCUT2D eigenvalue weighted by Crippen LogP contribution is 2.42. The lowest BCUT2D eigenvalue weighted by atomic mass is 9.85. The molecule has 3 aromatic rings. The van der Waals surface area contributed by atoms with Crippen LogP contribution in [0.4, 0.5) is 11.4 Å². The first-order chi connectivity index (χ1) is 17.2. The van der Waals surface area contributed by atoms with Crippen LogP contribution in [0.3, 0.4) is 0 Å². The van der Waals surface area contributed by atoms with E-state index in [2.05, 4.69) is 51.5 Å². The Morgan fingerprint density at radius 3 is 2.54 bits per heavy atom. The fourth-order valence-electron chi connectivity index (χ4n) is 5.39. The van der Waals surface area contributed by atoms with Crippen LogP contribution >= 0.6 is 0 Å². The van der Waals surface area contributed by atoms with Crippen molar-refractivity contribution in [1.82, 2.24) is 10.3 Å². The standard InChI is InChI=1S/C28H34N4O3.H2/c1-29-9-13-35-23-5-2-21(3-6-23)25-17-27(32-10-8-28(18-32)19-34-20-28)24-7-4-22(16-26(24)30-25)31-11-14-33-15-12-31;/h2-7,16-17,29H,8-15,18-20H2,1H3;1H. The molecule has 0 radical (unpaired) electrons. The molecular weight excluding hydrogens is 440 g/mol. The molecule has 0 unspecified atom stereocenters. The molecule has 0 aliphatic carbocycles. The Bertz CT molecular complexity index is 1180. The van der Waals surface area contributed by atoms with Gasteiger partial charge in [-0.1, -0.05) is 0 Å². The van der Waals surface area contributed by atoms with Crippen molar-refractivity contribution in [3.8, 4) is 17.0 Å². The lowest BCUT2D eigenvalue weighted by Crippen LogP contribution is -2.44. The van der Waals surface area contributed by atoms with Crippen molar-refractivity contribution in [3.05, 3.63) is 48.5 Å². The number of anilines is 2. The van der Waals surface area contributed by atoms with Crippen molar-refractivity contribution >= 4 is 22.3 Å². The molecular formula is C28H36N4O3. The van der Waals surface area contributed by atoms with E-state index in [9.17, 15) is 0 Å². The van der Waals surface area contributed by atoms with Gasteiger partial charge in [-0.05, 0) is 62.0 Å². The zero-order valence-electron chi connectivity index (χ0n) is 20.5. The minimum Gasteiger partial charge on any atom is -0.492 e. The average molecular weight is 477 g/mol. The third kappa shape index (κ3) is 4.56. The molecule has 3 fully saturated rings. The first-order valence-corrected chi connectivity index (χ1v) is 12.7. The summed E-state index contributed by atoms with van der Waals surface area (Å²) >= 11 is 0. The van der Waals surface area contributed by atoms with Crippen molar-refractivity contribution in [3.63, 3.8) is 0 Å². The summed E-state index contributed by atoms with van der Waals surface area (Å²) in [5.74, 6) is 0.881. The zero-order valence-corrected chi connectivity index (χ0v) is 20.5. The quantitative estimate of drug-likeness (QED) is 0.521. The van der Waals surface area contributed by atoms with Crippen LogP contribution in [0.15, 0.2) is 48.5 Å². The van der Waals surface area contributed by atoms with Gasteiger partial charge in [-0.2, -0.15) is 0 Å². The topological polar surface area (TPSA) is 59.1 Å². The van der Waals surface area contributed by atoms with E-state index in [1.165, 1.54) is 23.2 Å². The molecule has 0 bridgehead atoms. The van der Waals surface area contributed by atoms with Crippen molar-refractivity contribution in [2.75, 3.05) is 82.6 Å². The number of pyridine rings is 1. The van der Waals surface area contributed by atoms with E-state index in [1.54, 1.807) is 0 Å². The number of hydrogen-bond donors (Lipinski definition) is 1. The molecule has 186 valence electrons. The molecule has 3 saturated heterocycles. The second-order valence-electron chi connectivity index (χ2n) is 9.97. The Morgan fingerprint density at radius 2 is 1.83 bits per heavy atom. The van der Waals surface area contributed by atoms with E-state index < -0.39 is 0 Å². The zero-order chi connectivity index (χ0) is 23.7. The van der Waals surface area contributed by atoms with E-state index in [-0.39, 0.29) is 1.43 Å². The van der Waals surface area contributed by atoms with Gasteiger partial charge in [-0.3, -0.25) is 0 Å². The Morgan fingerprint density at radius 1 is 1.00 bits per heavy atom. The van der Waals surface area contributed by atoms with Crippen LogP contribution in [0, 0.1) is 5.41 Å². The number of aromatic nitrogens is 1. The van der Waals surface area contributed by atoms with Gasteiger partial charge in [-0.15, -0.1) is 0 Å². The normalized spacial score (nSPS) is 19.3. The number of fused-ring (bicyclic) bond motifs is 1. The molecule has 6 rings (SSSR count). The van der Waals surface area contributed by atoms with Crippen LogP contribution in [0.25, 0.3) is 22.2 Å². The first-order valence-electron chi connectivity index (χ1n) is 12.7. The number of nitrogens with zero attached hydrogens (tertiary/aromatic N) is 3. The third-order valence-corrected chi connectivity index (χ3v) is 7.51. The summed E-state index contributed by atoms with van der Waals surface area (Å²) in [5, 5.41) is 4.33. The van der Waals surface area contributed by atoms with E-state index in [0.717, 1.165) is 81.7 Å². The molecule has 0 atom stereocenters. The summed E-state index contributed by atoms with van der Waals surface area (Å²) in [6, 6.07) is 17.3. The summed E-state index contributed by atoms with van der Waals surface area (Å²) in [4.78, 5) is 10.1. The van der Waals surface area contributed by atoms with Crippen molar-refractivity contribution in [2.45, 2.75) is 6.42 Å². The molecule has 1 spiro atoms. The predicted octanol–water partition coefficient (Wildman–Crippen LogP) is 3.81. The largest absolute Gasteiger partial charge is 0.492 e. The lowest BCUT2D eigenvalue weighted by molar-refractivity contribution is -0.0985. The number of likely N-dealkylation sites (N-methyl/N-ethyl adjacent to an activating group) is 1. The molecule has 0 saturated carbocycles. The maximum Gasteiger partial charge on any atom is 0.119 e. The minimum absolute atomic E-state index is 0. The van der Waals surface area contributed by atoms with E-state index in [4.69, 9.17) is 19.2 Å². The molecule has 2 aromatic carbocycles. The van der Waals surface area contributed by atoms with Gasteiger partial charge in [0.25, 0.3) is 0 Å². The van der Waals surface area contributed by atoms with Crippen molar-refractivity contribution < 1.29 is 15.6 Å². The van der Waals surface area contributed by atoms with Gasteiger partial charge in [0, 0.05) is 61.9 Å². The molecule has 7 heteroatoms. The summed E-state index contributed by atoms with van der Waals surface area (Å²) in [7, 11) is 1.93. The van der Waals surface area contributed by atoms with Gasteiger partial charge in [0.2, 0.25) is 0 Å². The predicted molar refractivity (Wildman–Crippen MR) is 142 cm³/mol. The minimum atomic E-state index is 0. The maximum absolute atomic E-state index is 5.82. The summed E-state index contributed by atoms with van der Waals surface area (Å²) in [6.07, 6.45) is 1.19. The fraction of sp³-hybridized carbons (Fsp3) is 0.464. The fourth-order valence-corrected chi connectivity index (χ4v) is 5.39. The number of ether oxygens (including phenoxy) is 3. The smallest absolute Gasteiger partial charge is 0.119 e.